The van der Waals surface area contributed by atoms with E-state index in [4.69, 9.17) is 21.1 Å². The lowest BCUT2D eigenvalue weighted by Crippen LogP contribution is -2.42. The summed E-state index contributed by atoms with van der Waals surface area (Å²) in [5.74, 6) is 0.843. The highest BCUT2D eigenvalue weighted by Gasteiger charge is 2.16. The van der Waals surface area contributed by atoms with Crippen LogP contribution in [-0.4, -0.2) is 35.7 Å². The Kier molecular flexibility index (Phi) is 6.50. The number of nitrogens with zero attached hydrogens (tertiary/aromatic N) is 1. The molecule has 2 amide bonds. The van der Waals surface area contributed by atoms with Crippen molar-refractivity contribution in [3.8, 4) is 0 Å². The van der Waals surface area contributed by atoms with Crippen molar-refractivity contribution in [2.45, 2.75) is 19.4 Å². The Hall–Kier alpha value is -1.98. The maximum atomic E-state index is 12.3. The van der Waals surface area contributed by atoms with Gasteiger partial charge in [-0.15, -0.1) is 0 Å². The van der Waals surface area contributed by atoms with Crippen LogP contribution in [0.15, 0.2) is 47.1 Å². The van der Waals surface area contributed by atoms with Crippen LogP contribution >= 0.6 is 11.6 Å². The first-order chi connectivity index (χ1) is 11.1. The van der Waals surface area contributed by atoms with Gasteiger partial charge in [-0.2, -0.15) is 0 Å². The van der Waals surface area contributed by atoms with E-state index in [2.05, 4.69) is 5.32 Å². The lowest BCUT2D eigenvalue weighted by Gasteiger charge is -2.22. The number of carbonyl (C=O) groups excluding carboxylic acids is 1. The van der Waals surface area contributed by atoms with Gasteiger partial charge < -0.3 is 19.7 Å². The maximum Gasteiger partial charge on any atom is 0.317 e. The van der Waals surface area contributed by atoms with Crippen LogP contribution in [0.3, 0.4) is 0 Å². The second kappa shape index (κ2) is 8.60. The molecular formula is C17H21ClN2O3. The monoisotopic (exact) mass is 336 g/mol. The summed E-state index contributed by atoms with van der Waals surface area (Å²) in [6.45, 7) is 3.02. The van der Waals surface area contributed by atoms with Crippen LogP contribution in [0.5, 0.6) is 0 Å². The summed E-state index contributed by atoms with van der Waals surface area (Å²) in [7, 11) is 0. The molecule has 0 fully saturated rings. The number of rotatable bonds is 7. The number of halogens is 1. The van der Waals surface area contributed by atoms with E-state index >= 15 is 0 Å². The minimum Gasteiger partial charge on any atom is -0.467 e. The number of urea groups is 1. The zero-order valence-corrected chi connectivity index (χ0v) is 13.8. The summed E-state index contributed by atoms with van der Waals surface area (Å²) in [4.78, 5) is 13.8. The largest absolute Gasteiger partial charge is 0.467 e. The molecular weight excluding hydrogens is 316 g/mol. The van der Waals surface area contributed by atoms with Crippen LogP contribution in [0.2, 0.25) is 5.02 Å². The summed E-state index contributed by atoms with van der Waals surface area (Å²) in [6, 6.07) is 10.9. The number of aliphatic hydroxyl groups excluding tert-OH is 1. The van der Waals surface area contributed by atoms with Gasteiger partial charge in [-0.25, -0.2) is 4.79 Å². The van der Waals surface area contributed by atoms with Crippen molar-refractivity contribution in [1.29, 1.82) is 0 Å². The SMILES string of the molecule is CC(CNC(=O)N(CCO)Cc1ccco1)c1ccc(Cl)cc1. The molecule has 0 saturated heterocycles. The number of amides is 2. The third-order valence-electron chi connectivity index (χ3n) is 3.58. The van der Waals surface area contributed by atoms with Crippen molar-refractivity contribution >= 4 is 17.6 Å². The highest BCUT2D eigenvalue weighted by atomic mass is 35.5. The van der Waals surface area contributed by atoms with Crippen LogP contribution in [0.4, 0.5) is 4.79 Å². The fourth-order valence-electron chi connectivity index (χ4n) is 2.23. The predicted octanol–water partition coefficient (Wildman–Crippen LogP) is 3.24. The summed E-state index contributed by atoms with van der Waals surface area (Å²) >= 11 is 5.88. The average Bonchev–Trinajstić information content (AvgIpc) is 3.05. The number of hydrogen-bond donors (Lipinski definition) is 2. The standard InChI is InChI=1S/C17H21ClN2O3/c1-13(14-4-6-15(18)7-5-14)11-19-17(22)20(8-9-21)12-16-3-2-10-23-16/h2-7,10,13,21H,8-9,11-12H2,1H3,(H,19,22). The van der Waals surface area contributed by atoms with Gasteiger partial charge in [-0.1, -0.05) is 30.7 Å². The van der Waals surface area contributed by atoms with Crippen LogP contribution in [-0.2, 0) is 6.54 Å². The molecule has 5 nitrogen and oxygen atoms in total. The third-order valence-corrected chi connectivity index (χ3v) is 3.83. The molecule has 124 valence electrons. The van der Waals surface area contributed by atoms with Gasteiger partial charge in [0.1, 0.15) is 5.76 Å². The summed E-state index contributed by atoms with van der Waals surface area (Å²) in [6.07, 6.45) is 1.56. The molecule has 0 aliphatic rings. The first kappa shape index (κ1) is 17.4. The predicted molar refractivity (Wildman–Crippen MR) is 89.5 cm³/mol. The van der Waals surface area contributed by atoms with Gasteiger partial charge in [0, 0.05) is 18.1 Å². The van der Waals surface area contributed by atoms with Crippen LogP contribution in [0, 0.1) is 0 Å². The molecule has 2 rings (SSSR count). The molecule has 1 aromatic heterocycles. The van der Waals surface area contributed by atoms with Crippen molar-refractivity contribution in [2.24, 2.45) is 0 Å². The Morgan fingerprint density at radius 1 is 1.35 bits per heavy atom. The second-order valence-corrected chi connectivity index (χ2v) is 5.80. The zero-order chi connectivity index (χ0) is 16.7. The number of hydrogen-bond acceptors (Lipinski definition) is 3. The molecule has 1 unspecified atom stereocenters. The van der Waals surface area contributed by atoms with Gasteiger partial charge in [-0.05, 0) is 35.7 Å². The Labute approximate surface area is 140 Å². The number of nitrogens with one attached hydrogen (secondary N) is 1. The lowest BCUT2D eigenvalue weighted by molar-refractivity contribution is 0.169. The second-order valence-electron chi connectivity index (χ2n) is 5.36. The van der Waals surface area contributed by atoms with Crippen LogP contribution in [0.1, 0.15) is 24.2 Å². The zero-order valence-electron chi connectivity index (χ0n) is 13.0. The van der Waals surface area contributed by atoms with Crippen molar-refractivity contribution < 1.29 is 14.3 Å². The molecule has 0 spiro atoms. The first-order valence-electron chi connectivity index (χ1n) is 7.51. The molecule has 0 aliphatic carbocycles. The molecule has 1 heterocycles. The highest BCUT2D eigenvalue weighted by Crippen LogP contribution is 2.17. The van der Waals surface area contributed by atoms with Gasteiger partial charge in [-0.3, -0.25) is 0 Å². The Balaban J connectivity index is 1.89. The topological polar surface area (TPSA) is 65.7 Å². The van der Waals surface area contributed by atoms with Gasteiger partial charge in [0.05, 0.1) is 19.4 Å². The molecule has 2 N–H and O–H groups in total. The normalized spacial score (nSPS) is 12.0. The number of carbonyl (C=O) groups is 1. The summed E-state index contributed by atoms with van der Waals surface area (Å²) in [5, 5.41) is 12.7. The average molecular weight is 337 g/mol. The van der Waals surface area contributed by atoms with E-state index in [9.17, 15) is 4.79 Å². The van der Waals surface area contributed by atoms with E-state index in [1.54, 1.807) is 18.4 Å². The Bertz CT molecular complexity index is 599. The lowest BCUT2D eigenvalue weighted by atomic mass is 10.0. The van der Waals surface area contributed by atoms with E-state index in [0.717, 1.165) is 5.56 Å². The molecule has 1 atom stereocenters. The third kappa shape index (κ3) is 5.30. The van der Waals surface area contributed by atoms with E-state index in [-0.39, 0.29) is 25.1 Å². The number of aliphatic hydroxyl groups is 1. The van der Waals surface area contributed by atoms with Gasteiger partial charge in [0.15, 0.2) is 0 Å². The van der Waals surface area contributed by atoms with E-state index in [0.29, 0.717) is 23.9 Å². The minimum absolute atomic E-state index is 0.0964. The van der Waals surface area contributed by atoms with Gasteiger partial charge in [0.25, 0.3) is 0 Å². The molecule has 0 radical (unpaired) electrons. The van der Waals surface area contributed by atoms with E-state index in [1.807, 2.05) is 31.2 Å². The molecule has 1 aromatic carbocycles. The molecule has 2 aromatic rings. The number of benzene rings is 1. The van der Waals surface area contributed by atoms with Crippen LogP contribution < -0.4 is 5.32 Å². The minimum atomic E-state index is -0.226. The quantitative estimate of drug-likeness (QED) is 0.815. The molecule has 0 aliphatic heterocycles. The van der Waals surface area contributed by atoms with Crippen molar-refractivity contribution in [1.82, 2.24) is 10.2 Å². The van der Waals surface area contributed by atoms with E-state index in [1.165, 1.54) is 4.90 Å². The smallest absolute Gasteiger partial charge is 0.317 e. The van der Waals surface area contributed by atoms with Gasteiger partial charge in [0.2, 0.25) is 0 Å². The molecule has 6 heteroatoms. The molecule has 0 bridgehead atoms. The summed E-state index contributed by atoms with van der Waals surface area (Å²) in [5.41, 5.74) is 1.11. The highest BCUT2D eigenvalue weighted by molar-refractivity contribution is 6.30. The summed E-state index contributed by atoms with van der Waals surface area (Å²) < 4.78 is 5.25. The van der Waals surface area contributed by atoms with Crippen molar-refractivity contribution in [3.05, 3.63) is 59.0 Å². The Morgan fingerprint density at radius 3 is 2.70 bits per heavy atom. The van der Waals surface area contributed by atoms with E-state index < -0.39 is 0 Å². The van der Waals surface area contributed by atoms with Crippen molar-refractivity contribution in [3.63, 3.8) is 0 Å². The molecule has 0 saturated carbocycles. The Morgan fingerprint density at radius 2 is 2.09 bits per heavy atom. The fourth-order valence-corrected chi connectivity index (χ4v) is 2.35. The first-order valence-corrected chi connectivity index (χ1v) is 7.89. The van der Waals surface area contributed by atoms with Crippen LogP contribution in [0.25, 0.3) is 0 Å². The fraction of sp³-hybridized carbons (Fsp3) is 0.353. The van der Waals surface area contributed by atoms with Gasteiger partial charge >= 0.3 is 6.03 Å². The van der Waals surface area contributed by atoms with Crippen molar-refractivity contribution in [2.75, 3.05) is 19.7 Å². The molecule has 23 heavy (non-hydrogen) atoms. The number of furan rings is 1. The maximum absolute atomic E-state index is 12.3.